The Morgan fingerprint density at radius 3 is 2.79 bits per heavy atom. The number of aliphatic hydroxyl groups excluding tert-OH is 1. The fraction of sp³-hybridized carbons (Fsp3) is 0.500. The number of aliphatic hydroxyl groups is 1. The third kappa shape index (κ3) is 3.88. The molecule has 2 rings (SSSR count). The highest BCUT2D eigenvalue weighted by molar-refractivity contribution is 8.00. The molecule has 5 heteroatoms. The van der Waals surface area contributed by atoms with E-state index in [0.29, 0.717) is 11.6 Å². The quantitative estimate of drug-likeness (QED) is 0.794. The zero-order valence-electron chi connectivity index (χ0n) is 10.9. The molecular weight excluding hydrogens is 282 g/mol. The summed E-state index contributed by atoms with van der Waals surface area (Å²) in [5, 5.41) is 12.6. The van der Waals surface area contributed by atoms with Gasteiger partial charge in [0.1, 0.15) is 0 Å². The molecule has 1 saturated carbocycles. The largest absolute Gasteiger partial charge is 0.396 e. The molecular formula is C14H18ClNO2S. The van der Waals surface area contributed by atoms with Gasteiger partial charge in [0.25, 0.3) is 0 Å². The predicted octanol–water partition coefficient (Wildman–Crippen LogP) is 2.71. The van der Waals surface area contributed by atoms with Gasteiger partial charge in [0.2, 0.25) is 5.91 Å². The third-order valence-electron chi connectivity index (χ3n) is 3.44. The van der Waals surface area contributed by atoms with Crippen LogP contribution in [0.25, 0.3) is 0 Å². The summed E-state index contributed by atoms with van der Waals surface area (Å²) in [7, 11) is 0. The van der Waals surface area contributed by atoms with Crippen molar-refractivity contribution in [1.82, 2.24) is 5.32 Å². The van der Waals surface area contributed by atoms with E-state index in [0.717, 1.165) is 17.7 Å². The summed E-state index contributed by atoms with van der Waals surface area (Å²) in [6.45, 7) is 2.58. The Morgan fingerprint density at radius 1 is 1.53 bits per heavy atom. The summed E-state index contributed by atoms with van der Waals surface area (Å²) in [4.78, 5) is 12.9. The van der Waals surface area contributed by atoms with Gasteiger partial charge in [0, 0.05) is 16.9 Å². The van der Waals surface area contributed by atoms with Crippen LogP contribution >= 0.6 is 23.4 Å². The van der Waals surface area contributed by atoms with Crippen molar-refractivity contribution in [3.63, 3.8) is 0 Å². The van der Waals surface area contributed by atoms with Crippen molar-refractivity contribution in [3.8, 4) is 0 Å². The first-order chi connectivity index (χ1) is 9.06. The first-order valence-corrected chi connectivity index (χ1v) is 7.62. The molecule has 0 aliphatic heterocycles. The standard InChI is InChI=1S/C14H18ClNO2S/c1-10(19-12-5-3-2-4-11(12)15)13(18)16-8-14(9-17)6-7-14/h2-5,10,17H,6-9H2,1H3,(H,16,18). The van der Waals surface area contributed by atoms with E-state index < -0.39 is 0 Å². The molecule has 1 aromatic rings. The van der Waals surface area contributed by atoms with Gasteiger partial charge >= 0.3 is 0 Å². The summed E-state index contributed by atoms with van der Waals surface area (Å²) >= 11 is 7.52. The maximum atomic E-state index is 12.0. The number of benzene rings is 1. The van der Waals surface area contributed by atoms with Crippen LogP contribution in [-0.2, 0) is 4.79 Å². The maximum Gasteiger partial charge on any atom is 0.233 e. The van der Waals surface area contributed by atoms with Gasteiger partial charge in [-0.15, -0.1) is 11.8 Å². The molecule has 104 valence electrons. The average Bonchev–Trinajstić information content (AvgIpc) is 3.19. The molecule has 2 N–H and O–H groups in total. The number of nitrogens with one attached hydrogen (secondary N) is 1. The second-order valence-electron chi connectivity index (χ2n) is 5.07. The minimum Gasteiger partial charge on any atom is -0.396 e. The lowest BCUT2D eigenvalue weighted by Crippen LogP contribution is -2.36. The van der Waals surface area contributed by atoms with Crippen molar-refractivity contribution >= 4 is 29.3 Å². The van der Waals surface area contributed by atoms with Gasteiger partial charge < -0.3 is 10.4 Å². The maximum absolute atomic E-state index is 12.0. The minimum atomic E-state index is -0.200. The number of hydrogen-bond donors (Lipinski definition) is 2. The van der Waals surface area contributed by atoms with E-state index in [1.165, 1.54) is 11.8 Å². The van der Waals surface area contributed by atoms with Crippen molar-refractivity contribution < 1.29 is 9.90 Å². The van der Waals surface area contributed by atoms with Crippen LogP contribution < -0.4 is 5.32 Å². The molecule has 0 bridgehead atoms. The number of carbonyl (C=O) groups is 1. The Bertz CT molecular complexity index is 463. The van der Waals surface area contributed by atoms with Gasteiger partial charge in [-0.05, 0) is 31.9 Å². The second kappa shape index (κ2) is 6.16. The lowest BCUT2D eigenvalue weighted by molar-refractivity contribution is -0.120. The summed E-state index contributed by atoms with van der Waals surface area (Å²) in [5.74, 6) is -0.00959. The molecule has 1 atom stereocenters. The highest BCUT2D eigenvalue weighted by Gasteiger charge is 2.42. The molecule has 19 heavy (non-hydrogen) atoms. The normalized spacial score (nSPS) is 17.8. The number of amides is 1. The molecule has 0 aromatic heterocycles. The van der Waals surface area contributed by atoms with Crippen LogP contribution in [0.15, 0.2) is 29.2 Å². The van der Waals surface area contributed by atoms with Crippen LogP contribution in [0.2, 0.25) is 5.02 Å². The van der Waals surface area contributed by atoms with Gasteiger partial charge in [-0.25, -0.2) is 0 Å². The van der Waals surface area contributed by atoms with Crippen molar-refractivity contribution in [3.05, 3.63) is 29.3 Å². The van der Waals surface area contributed by atoms with E-state index in [1.54, 1.807) is 0 Å². The molecule has 1 aliphatic rings. The summed E-state index contributed by atoms with van der Waals surface area (Å²) in [6.07, 6.45) is 1.99. The molecule has 3 nitrogen and oxygen atoms in total. The first kappa shape index (κ1) is 14.7. The van der Waals surface area contributed by atoms with Crippen LogP contribution in [0.1, 0.15) is 19.8 Å². The van der Waals surface area contributed by atoms with E-state index in [9.17, 15) is 9.90 Å². The topological polar surface area (TPSA) is 49.3 Å². The summed E-state index contributed by atoms with van der Waals surface area (Å²) in [5.41, 5.74) is -0.0512. The molecule has 1 fully saturated rings. The molecule has 1 aromatic carbocycles. The fourth-order valence-electron chi connectivity index (χ4n) is 1.77. The fourth-order valence-corrected chi connectivity index (χ4v) is 2.95. The van der Waals surface area contributed by atoms with Gasteiger partial charge in [0.15, 0.2) is 0 Å². The summed E-state index contributed by atoms with van der Waals surface area (Å²) in [6, 6.07) is 7.51. The Kier molecular flexibility index (Phi) is 4.76. The van der Waals surface area contributed by atoms with Crippen molar-refractivity contribution in [2.24, 2.45) is 5.41 Å². The molecule has 0 spiro atoms. The lowest BCUT2D eigenvalue weighted by Gasteiger charge is -2.16. The van der Waals surface area contributed by atoms with Crippen molar-refractivity contribution in [1.29, 1.82) is 0 Å². The van der Waals surface area contributed by atoms with Crippen LogP contribution in [0.5, 0.6) is 0 Å². The number of rotatable bonds is 6. The zero-order valence-corrected chi connectivity index (χ0v) is 12.4. The Hall–Kier alpha value is -0.710. The van der Waals surface area contributed by atoms with Crippen LogP contribution in [0.3, 0.4) is 0 Å². The number of hydrogen-bond acceptors (Lipinski definition) is 3. The van der Waals surface area contributed by atoms with Crippen LogP contribution in [0, 0.1) is 5.41 Å². The van der Waals surface area contributed by atoms with Gasteiger partial charge in [-0.3, -0.25) is 4.79 Å². The molecule has 0 heterocycles. The highest BCUT2D eigenvalue weighted by Crippen LogP contribution is 2.44. The number of thioether (sulfide) groups is 1. The van der Waals surface area contributed by atoms with Gasteiger partial charge in [-0.1, -0.05) is 23.7 Å². The van der Waals surface area contributed by atoms with E-state index in [1.807, 2.05) is 31.2 Å². The van der Waals surface area contributed by atoms with Crippen molar-refractivity contribution in [2.75, 3.05) is 13.2 Å². The zero-order chi connectivity index (χ0) is 13.9. The third-order valence-corrected chi connectivity index (χ3v) is 5.06. The van der Waals surface area contributed by atoms with Crippen LogP contribution in [0.4, 0.5) is 0 Å². The molecule has 1 amide bonds. The monoisotopic (exact) mass is 299 g/mol. The van der Waals surface area contributed by atoms with E-state index in [-0.39, 0.29) is 23.2 Å². The van der Waals surface area contributed by atoms with E-state index in [4.69, 9.17) is 11.6 Å². The SMILES string of the molecule is CC(Sc1ccccc1Cl)C(=O)NCC1(CO)CC1. The molecule has 0 radical (unpaired) electrons. The van der Waals surface area contributed by atoms with Crippen molar-refractivity contribution in [2.45, 2.75) is 29.9 Å². The molecule has 1 aliphatic carbocycles. The summed E-state index contributed by atoms with van der Waals surface area (Å²) < 4.78 is 0. The Balaban J connectivity index is 1.84. The Morgan fingerprint density at radius 2 is 2.21 bits per heavy atom. The van der Waals surface area contributed by atoms with Crippen LogP contribution in [-0.4, -0.2) is 29.4 Å². The predicted molar refractivity (Wildman–Crippen MR) is 78.5 cm³/mol. The smallest absolute Gasteiger partial charge is 0.233 e. The van der Waals surface area contributed by atoms with Gasteiger partial charge in [-0.2, -0.15) is 0 Å². The number of carbonyl (C=O) groups excluding carboxylic acids is 1. The van der Waals surface area contributed by atoms with Gasteiger partial charge in [0.05, 0.1) is 16.9 Å². The number of halogens is 1. The van der Waals surface area contributed by atoms with E-state index >= 15 is 0 Å². The average molecular weight is 300 g/mol. The Labute approximate surface area is 122 Å². The minimum absolute atomic E-state index is 0.00959. The highest BCUT2D eigenvalue weighted by atomic mass is 35.5. The van der Waals surface area contributed by atoms with E-state index in [2.05, 4.69) is 5.32 Å². The molecule has 0 saturated heterocycles. The second-order valence-corrected chi connectivity index (χ2v) is 6.86. The molecule has 1 unspecified atom stereocenters. The first-order valence-electron chi connectivity index (χ1n) is 6.36. The lowest BCUT2D eigenvalue weighted by atomic mass is 10.1.